The van der Waals surface area contributed by atoms with Gasteiger partial charge >= 0.3 is 0 Å². The van der Waals surface area contributed by atoms with E-state index in [2.05, 4.69) is 169 Å². The Morgan fingerprint density at radius 2 is 1.00 bits per heavy atom. The molecule has 1 aliphatic rings. The van der Waals surface area contributed by atoms with Crippen LogP contribution in [0.2, 0.25) is 0 Å². The van der Waals surface area contributed by atoms with Crippen LogP contribution in [0, 0.1) is 0 Å². The number of nitrogens with zero attached hydrogens (tertiary/aromatic N) is 1. The maximum absolute atomic E-state index is 6.11. The summed E-state index contributed by atoms with van der Waals surface area (Å²) >= 11 is 1.86. The lowest BCUT2D eigenvalue weighted by Crippen LogP contribution is -2.17. The van der Waals surface area contributed by atoms with Crippen molar-refractivity contribution in [2.75, 3.05) is 4.90 Å². The van der Waals surface area contributed by atoms with E-state index in [-0.39, 0.29) is 0 Å². The van der Waals surface area contributed by atoms with E-state index in [4.69, 9.17) is 4.42 Å². The molecule has 51 heavy (non-hydrogen) atoms. The zero-order valence-electron chi connectivity index (χ0n) is 27.9. The Hall–Kier alpha value is -6.16. The van der Waals surface area contributed by atoms with Crippen molar-refractivity contribution >= 4 is 70.4 Å². The van der Waals surface area contributed by atoms with E-state index in [0.717, 1.165) is 35.4 Å². The van der Waals surface area contributed by atoms with Gasteiger partial charge in [0, 0.05) is 48.0 Å². The van der Waals surface area contributed by atoms with E-state index in [9.17, 15) is 0 Å². The van der Waals surface area contributed by atoms with Gasteiger partial charge in [-0.3, -0.25) is 0 Å². The molecule has 7 aromatic carbocycles. The van der Waals surface area contributed by atoms with Gasteiger partial charge in [-0.05, 0) is 113 Å². The third-order valence-corrected chi connectivity index (χ3v) is 11.4. The first-order valence-electron chi connectivity index (χ1n) is 17.5. The molecule has 0 spiro atoms. The smallest absolute Gasteiger partial charge is 0.135 e. The Balaban J connectivity index is 1.02. The lowest BCUT2D eigenvalue weighted by Gasteiger charge is -2.30. The highest BCUT2D eigenvalue weighted by atomic mass is 32.1. The molecule has 242 valence electrons. The number of hydrogen-bond acceptors (Lipinski definition) is 3. The number of allylic oxidation sites excluding steroid dienone is 4. The van der Waals surface area contributed by atoms with Gasteiger partial charge in [0.1, 0.15) is 11.2 Å². The fourth-order valence-corrected chi connectivity index (χ4v) is 8.69. The summed E-state index contributed by atoms with van der Waals surface area (Å²) in [6.07, 6.45) is 6.51. The van der Waals surface area contributed by atoms with Crippen molar-refractivity contribution in [1.29, 1.82) is 0 Å². The van der Waals surface area contributed by atoms with Crippen LogP contribution in [0.3, 0.4) is 0 Å². The minimum atomic E-state index is 0.931. The number of thiophene rings is 1. The summed E-state index contributed by atoms with van der Waals surface area (Å²) in [5, 5.41) is 4.99. The van der Waals surface area contributed by atoms with Crippen molar-refractivity contribution in [3.05, 3.63) is 187 Å². The lowest BCUT2D eigenvalue weighted by atomic mass is 9.93. The van der Waals surface area contributed by atoms with Gasteiger partial charge in [-0.15, -0.1) is 11.3 Å². The van der Waals surface area contributed by atoms with Gasteiger partial charge in [-0.2, -0.15) is 0 Å². The number of rotatable bonds is 6. The maximum Gasteiger partial charge on any atom is 0.135 e. The highest BCUT2D eigenvalue weighted by molar-refractivity contribution is 7.25. The molecule has 2 aromatic heterocycles. The van der Waals surface area contributed by atoms with Gasteiger partial charge in [-0.25, -0.2) is 0 Å². The van der Waals surface area contributed by atoms with Gasteiger partial charge < -0.3 is 9.32 Å². The first kappa shape index (κ1) is 29.7. The Morgan fingerprint density at radius 3 is 1.76 bits per heavy atom. The number of furan rings is 1. The van der Waals surface area contributed by atoms with E-state index in [1.54, 1.807) is 0 Å². The maximum atomic E-state index is 6.11. The zero-order chi connectivity index (χ0) is 33.7. The first-order chi connectivity index (χ1) is 25.2. The van der Waals surface area contributed by atoms with Crippen LogP contribution in [0.15, 0.2) is 186 Å². The van der Waals surface area contributed by atoms with Crippen LogP contribution in [0.4, 0.5) is 11.4 Å². The number of benzene rings is 7. The molecule has 0 bridgehead atoms. The van der Waals surface area contributed by atoms with Gasteiger partial charge in [0.15, 0.2) is 0 Å². The average molecular weight is 672 g/mol. The van der Waals surface area contributed by atoms with Crippen LogP contribution < -0.4 is 4.90 Å². The van der Waals surface area contributed by atoms with E-state index in [1.165, 1.54) is 70.0 Å². The van der Waals surface area contributed by atoms with Crippen LogP contribution in [-0.2, 0) is 0 Å². The molecular formula is C48H33NOS. The van der Waals surface area contributed by atoms with Crippen LogP contribution in [-0.4, -0.2) is 0 Å². The van der Waals surface area contributed by atoms with Crippen LogP contribution in [0.1, 0.15) is 18.4 Å². The summed E-state index contributed by atoms with van der Waals surface area (Å²) in [5.74, 6) is 0. The second kappa shape index (κ2) is 12.3. The molecule has 2 nitrogen and oxygen atoms in total. The second-order valence-corrected chi connectivity index (χ2v) is 14.3. The topological polar surface area (TPSA) is 16.4 Å². The summed E-state index contributed by atoms with van der Waals surface area (Å²) in [4.78, 5) is 2.42. The van der Waals surface area contributed by atoms with E-state index in [0.29, 0.717) is 0 Å². The SMILES string of the molecule is C1=C(c2ccc3oc4ccccc4c3c2)CCC(N(c2ccc(-c3ccccc3)cc2)c2ccc(-c3ccc4sc5ccccc5c4c3)cc2)=C1. The molecule has 0 saturated carbocycles. The molecule has 0 fully saturated rings. The normalized spacial score (nSPS) is 13.2. The van der Waals surface area contributed by atoms with E-state index in [1.807, 2.05) is 23.5 Å². The van der Waals surface area contributed by atoms with Crippen molar-refractivity contribution < 1.29 is 4.42 Å². The molecule has 0 aliphatic heterocycles. The average Bonchev–Trinajstić information content (AvgIpc) is 3.77. The Kier molecular flexibility index (Phi) is 7.18. The number of anilines is 2. The summed E-state index contributed by atoms with van der Waals surface area (Å²) < 4.78 is 8.77. The third-order valence-electron chi connectivity index (χ3n) is 10.2. The van der Waals surface area contributed by atoms with Crippen molar-refractivity contribution in [2.45, 2.75) is 12.8 Å². The van der Waals surface area contributed by atoms with Gasteiger partial charge in [0.25, 0.3) is 0 Å². The van der Waals surface area contributed by atoms with Crippen LogP contribution in [0.25, 0.3) is 69.9 Å². The third kappa shape index (κ3) is 5.34. The summed E-state index contributed by atoms with van der Waals surface area (Å²) in [6.45, 7) is 0. The fourth-order valence-electron chi connectivity index (χ4n) is 7.60. The molecule has 0 radical (unpaired) electrons. The predicted molar refractivity (Wildman–Crippen MR) is 218 cm³/mol. The molecule has 0 saturated heterocycles. The number of hydrogen-bond donors (Lipinski definition) is 0. The Labute approximate surface area is 300 Å². The minimum Gasteiger partial charge on any atom is -0.456 e. The predicted octanol–water partition coefficient (Wildman–Crippen LogP) is 14.2. The molecule has 3 heteroatoms. The highest BCUT2D eigenvalue weighted by Crippen LogP contribution is 2.40. The Bertz CT molecular complexity index is 2780. The number of fused-ring (bicyclic) bond motifs is 6. The molecule has 10 rings (SSSR count). The zero-order valence-corrected chi connectivity index (χ0v) is 28.7. The summed E-state index contributed by atoms with van der Waals surface area (Å²) in [7, 11) is 0. The summed E-state index contributed by atoms with van der Waals surface area (Å²) in [6, 6.07) is 59.2. The molecule has 9 aromatic rings. The van der Waals surface area contributed by atoms with Crippen molar-refractivity contribution in [3.8, 4) is 22.3 Å². The first-order valence-corrected chi connectivity index (χ1v) is 18.4. The van der Waals surface area contributed by atoms with Gasteiger partial charge in [0.2, 0.25) is 0 Å². The van der Waals surface area contributed by atoms with E-state index < -0.39 is 0 Å². The molecule has 2 heterocycles. The van der Waals surface area contributed by atoms with Crippen LogP contribution in [0.5, 0.6) is 0 Å². The van der Waals surface area contributed by atoms with Gasteiger partial charge in [-0.1, -0.05) is 109 Å². The second-order valence-electron chi connectivity index (χ2n) is 13.3. The lowest BCUT2D eigenvalue weighted by molar-refractivity contribution is 0.669. The quantitative estimate of drug-likeness (QED) is 0.175. The number of para-hydroxylation sites is 1. The van der Waals surface area contributed by atoms with Crippen molar-refractivity contribution in [2.24, 2.45) is 0 Å². The molecule has 0 atom stereocenters. The van der Waals surface area contributed by atoms with Gasteiger partial charge in [0.05, 0.1) is 0 Å². The standard InChI is InChI=1S/C48H33NOS/c1-2-8-32(9-3-1)33-14-22-38(23-15-33)49(39-24-16-34(17-25-39)36-20-28-46-43(30-36)41-10-4-6-12-45(41)50-46)40-26-18-35(19-27-40)37-21-29-48-44(31-37)42-11-5-7-13-47(42)51-48/h1-16,18-24,26-31H,17,25H2. The van der Waals surface area contributed by atoms with Crippen LogP contribution >= 0.6 is 11.3 Å². The van der Waals surface area contributed by atoms with E-state index >= 15 is 0 Å². The van der Waals surface area contributed by atoms with Crippen molar-refractivity contribution in [3.63, 3.8) is 0 Å². The molecule has 0 amide bonds. The summed E-state index contributed by atoms with van der Waals surface area (Å²) in [5.41, 5.74) is 13.0. The monoisotopic (exact) mass is 671 g/mol. The minimum absolute atomic E-state index is 0.931. The Morgan fingerprint density at radius 1 is 0.412 bits per heavy atom. The largest absolute Gasteiger partial charge is 0.456 e. The molecule has 1 aliphatic carbocycles. The highest BCUT2D eigenvalue weighted by Gasteiger charge is 2.19. The fraction of sp³-hybridized carbons (Fsp3) is 0.0417. The molecule has 0 N–H and O–H groups in total. The molecular weight excluding hydrogens is 639 g/mol. The van der Waals surface area contributed by atoms with Crippen molar-refractivity contribution in [1.82, 2.24) is 0 Å². The molecule has 0 unspecified atom stereocenters.